The largest absolute Gasteiger partial charge is 0.227 e. The first-order chi connectivity index (χ1) is 8.24. The highest BCUT2D eigenvalue weighted by atomic mass is 35.5. The summed E-state index contributed by atoms with van der Waals surface area (Å²) in [6, 6.07) is 10.1. The maximum Gasteiger partial charge on any atom is 0.161 e. The molecule has 0 amide bonds. The van der Waals surface area contributed by atoms with E-state index in [9.17, 15) is 0 Å². The fraction of sp³-hybridized carbons (Fsp3) is 0.0769. The lowest BCUT2D eigenvalue weighted by molar-refractivity contribution is 1.23. The molecule has 0 aliphatic rings. The summed E-state index contributed by atoms with van der Waals surface area (Å²) in [7, 11) is 0. The third kappa shape index (κ3) is 1.92. The molecule has 1 aromatic carbocycles. The Morgan fingerprint density at radius 1 is 1.18 bits per heavy atom. The van der Waals surface area contributed by atoms with Crippen LogP contribution in [0, 0.1) is 6.92 Å². The Bertz CT molecular complexity index is 691. The standard InChI is InChI=1S/C13H9ClN2S/c1-8-3-2-4-9(7-8)13-15-10-5-6-17-11(10)12(14)16-13/h2-7H,1H3. The Balaban J connectivity index is 2.23. The van der Waals surface area contributed by atoms with Crippen LogP contribution in [0.3, 0.4) is 0 Å². The van der Waals surface area contributed by atoms with Gasteiger partial charge in [0.2, 0.25) is 0 Å². The number of rotatable bonds is 1. The number of fused-ring (bicyclic) bond motifs is 1. The molecule has 2 aromatic heterocycles. The topological polar surface area (TPSA) is 25.8 Å². The predicted octanol–water partition coefficient (Wildman–Crippen LogP) is 4.32. The molecule has 0 atom stereocenters. The lowest BCUT2D eigenvalue weighted by Crippen LogP contribution is -1.90. The minimum atomic E-state index is 0.529. The Kier molecular flexibility index (Phi) is 2.57. The van der Waals surface area contributed by atoms with Gasteiger partial charge in [-0.1, -0.05) is 35.4 Å². The van der Waals surface area contributed by atoms with E-state index in [0.29, 0.717) is 11.0 Å². The predicted molar refractivity (Wildman–Crippen MR) is 72.6 cm³/mol. The summed E-state index contributed by atoms with van der Waals surface area (Å²) in [6.07, 6.45) is 0. The molecule has 17 heavy (non-hydrogen) atoms. The smallest absolute Gasteiger partial charge is 0.161 e. The van der Waals surface area contributed by atoms with Gasteiger partial charge in [-0.25, -0.2) is 9.97 Å². The van der Waals surface area contributed by atoms with E-state index in [1.54, 1.807) is 11.3 Å². The van der Waals surface area contributed by atoms with Crippen molar-refractivity contribution in [2.75, 3.05) is 0 Å². The zero-order valence-electron chi connectivity index (χ0n) is 9.14. The molecule has 84 valence electrons. The van der Waals surface area contributed by atoms with Crippen molar-refractivity contribution in [1.82, 2.24) is 9.97 Å². The van der Waals surface area contributed by atoms with Crippen molar-refractivity contribution < 1.29 is 0 Å². The van der Waals surface area contributed by atoms with Crippen molar-refractivity contribution in [1.29, 1.82) is 0 Å². The molecule has 0 saturated carbocycles. The van der Waals surface area contributed by atoms with Gasteiger partial charge in [-0.05, 0) is 24.4 Å². The Hall–Kier alpha value is -1.45. The second-order valence-electron chi connectivity index (χ2n) is 3.84. The Morgan fingerprint density at radius 3 is 2.88 bits per heavy atom. The summed E-state index contributed by atoms with van der Waals surface area (Å²) in [6.45, 7) is 2.05. The summed E-state index contributed by atoms with van der Waals surface area (Å²) < 4.78 is 0.947. The average Bonchev–Trinajstić information content (AvgIpc) is 2.77. The molecule has 0 N–H and O–H groups in total. The number of hydrogen-bond acceptors (Lipinski definition) is 3. The molecule has 0 aliphatic carbocycles. The van der Waals surface area contributed by atoms with Crippen LogP contribution in [0.5, 0.6) is 0 Å². The molecule has 0 spiro atoms. The quantitative estimate of drug-likeness (QED) is 0.609. The third-order valence-corrected chi connectivity index (χ3v) is 3.83. The van der Waals surface area contributed by atoms with Crippen LogP contribution in [0.4, 0.5) is 0 Å². The normalized spacial score (nSPS) is 10.9. The average molecular weight is 261 g/mol. The zero-order chi connectivity index (χ0) is 11.8. The van der Waals surface area contributed by atoms with E-state index in [-0.39, 0.29) is 0 Å². The van der Waals surface area contributed by atoms with Crippen molar-refractivity contribution in [3.05, 3.63) is 46.4 Å². The van der Waals surface area contributed by atoms with Crippen molar-refractivity contribution in [3.8, 4) is 11.4 Å². The summed E-state index contributed by atoms with van der Waals surface area (Å²) in [5.41, 5.74) is 3.10. The Labute approximate surface area is 108 Å². The van der Waals surface area contributed by atoms with Crippen molar-refractivity contribution >= 4 is 33.2 Å². The summed E-state index contributed by atoms with van der Waals surface area (Å²) in [5.74, 6) is 0.685. The van der Waals surface area contributed by atoms with Gasteiger partial charge >= 0.3 is 0 Å². The van der Waals surface area contributed by atoms with Crippen LogP contribution >= 0.6 is 22.9 Å². The van der Waals surface area contributed by atoms with Gasteiger partial charge in [0, 0.05) is 5.56 Å². The SMILES string of the molecule is Cc1cccc(-c2nc(Cl)c3sccc3n2)c1. The van der Waals surface area contributed by atoms with Gasteiger partial charge in [0.05, 0.1) is 10.2 Å². The second-order valence-corrected chi connectivity index (χ2v) is 5.12. The van der Waals surface area contributed by atoms with Crippen LogP contribution in [0.25, 0.3) is 21.6 Å². The van der Waals surface area contributed by atoms with E-state index in [1.165, 1.54) is 5.56 Å². The molecule has 0 aliphatic heterocycles. The van der Waals surface area contributed by atoms with Crippen LogP contribution in [0.2, 0.25) is 5.15 Å². The number of thiophene rings is 1. The van der Waals surface area contributed by atoms with E-state index in [2.05, 4.69) is 16.0 Å². The van der Waals surface area contributed by atoms with Crippen molar-refractivity contribution in [2.24, 2.45) is 0 Å². The Morgan fingerprint density at radius 2 is 2.06 bits per heavy atom. The van der Waals surface area contributed by atoms with E-state index in [1.807, 2.05) is 36.6 Å². The highest BCUT2D eigenvalue weighted by Gasteiger charge is 2.08. The minimum absolute atomic E-state index is 0.529. The molecule has 2 nitrogen and oxygen atoms in total. The maximum absolute atomic E-state index is 6.15. The molecule has 2 heterocycles. The number of benzene rings is 1. The number of halogens is 1. The highest BCUT2D eigenvalue weighted by Crippen LogP contribution is 2.28. The fourth-order valence-electron chi connectivity index (χ4n) is 1.74. The van der Waals surface area contributed by atoms with Crippen molar-refractivity contribution in [3.63, 3.8) is 0 Å². The molecule has 0 saturated heterocycles. The fourth-order valence-corrected chi connectivity index (χ4v) is 2.76. The number of aromatic nitrogens is 2. The molecular weight excluding hydrogens is 252 g/mol. The van der Waals surface area contributed by atoms with E-state index in [0.717, 1.165) is 15.8 Å². The lowest BCUT2D eigenvalue weighted by Gasteiger charge is -2.02. The van der Waals surface area contributed by atoms with Gasteiger partial charge < -0.3 is 0 Å². The monoisotopic (exact) mass is 260 g/mol. The lowest BCUT2D eigenvalue weighted by atomic mass is 10.1. The molecule has 0 bridgehead atoms. The van der Waals surface area contributed by atoms with Gasteiger partial charge in [0.1, 0.15) is 0 Å². The molecule has 3 rings (SSSR count). The number of hydrogen-bond donors (Lipinski definition) is 0. The van der Waals surface area contributed by atoms with Gasteiger partial charge in [-0.15, -0.1) is 11.3 Å². The van der Waals surface area contributed by atoms with Gasteiger partial charge in [-0.3, -0.25) is 0 Å². The molecule has 3 aromatic rings. The van der Waals surface area contributed by atoms with Crippen molar-refractivity contribution in [2.45, 2.75) is 6.92 Å². The van der Waals surface area contributed by atoms with Crippen LogP contribution in [0.15, 0.2) is 35.7 Å². The van der Waals surface area contributed by atoms with E-state index in [4.69, 9.17) is 11.6 Å². The molecule has 4 heteroatoms. The van der Waals surface area contributed by atoms with Gasteiger partial charge in [0.25, 0.3) is 0 Å². The summed E-state index contributed by atoms with van der Waals surface area (Å²) in [4.78, 5) is 8.87. The first-order valence-electron chi connectivity index (χ1n) is 5.22. The zero-order valence-corrected chi connectivity index (χ0v) is 10.7. The van der Waals surface area contributed by atoms with Crippen LogP contribution in [-0.4, -0.2) is 9.97 Å². The second kappa shape index (κ2) is 4.09. The first-order valence-corrected chi connectivity index (χ1v) is 6.47. The van der Waals surface area contributed by atoms with Crippen LogP contribution in [0.1, 0.15) is 5.56 Å². The molecule has 0 fully saturated rings. The molecule has 0 unspecified atom stereocenters. The van der Waals surface area contributed by atoms with Gasteiger partial charge in [0.15, 0.2) is 11.0 Å². The highest BCUT2D eigenvalue weighted by molar-refractivity contribution is 7.17. The summed E-state index contributed by atoms with van der Waals surface area (Å²) >= 11 is 7.72. The third-order valence-electron chi connectivity index (χ3n) is 2.54. The van der Waals surface area contributed by atoms with Gasteiger partial charge in [-0.2, -0.15) is 0 Å². The molecule has 0 radical (unpaired) electrons. The minimum Gasteiger partial charge on any atom is -0.227 e. The van der Waals surface area contributed by atoms with Crippen LogP contribution in [-0.2, 0) is 0 Å². The number of aryl methyl sites for hydroxylation is 1. The maximum atomic E-state index is 6.15. The van der Waals surface area contributed by atoms with E-state index < -0.39 is 0 Å². The summed E-state index contributed by atoms with van der Waals surface area (Å²) in [5, 5.41) is 2.51. The number of nitrogens with zero attached hydrogens (tertiary/aromatic N) is 2. The van der Waals surface area contributed by atoms with Crippen LogP contribution < -0.4 is 0 Å². The van der Waals surface area contributed by atoms with E-state index >= 15 is 0 Å². The first kappa shape index (κ1) is 10.7. The molecular formula is C13H9ClN2S.